The summed E-state index contributed by atoms with van der Waals surface area (Å²) in [5, 5.41) is 0. The van der Waals surface area contributed by atoms with Gasteiger partial charge in [0.25, 0.3) is 0 Å². The standard InChI is InChI=1S/C13H10.C5H5.2ClH.Zr/c1-3-7-12(8-4-1)11-13-9-5-2-6-10-13;1-2-4-5-3-1;;;/h1-10H;1-3H,4H2;2*1H;. The summed E-state index contributed by atoms with van der Waals surface area (Å²) in [6, 6.07) is 21.7. The minimum Gasteiger partial charge on any atom is -0.147 e. The minimum absolute atomic E-state index is 0. The number of hydrogen-bond acceptors (Lipinski definition) is 0. The molecule has 0 bridgehead atoms. The molecule has 21 heavy (non-hydrogen) atoms. The van der Waals surface area contributed by atoms with Crippen molar-refractivity contribution in [3.05, 3.63) is 93.3 Å². The molecule has 0 spiro atoms. The summed E-state index contributed by atoms with van der Waals surface area (Å²) in [7, 11) is 0. The number of allylic oxidation sites excluding steroid dienone is 4. The molecule has 3 rings (SSSR count). The number of benzene rings is 2. The largest absolute Gasteiger partial charge is 0.147 e. The maximum atomic E-state index is 2.32. The molecule has 3 heteroatoms. The molecule has 0 amide bonds. The van der Waals surface area contributed by atoms with Crippen LogP contribution in [0.3, 0.4) is 0 Å². The fraction of sp³-hybridized carbons (Fsp3) is 0.0556. The Balaban J connectivity index is 0.00000110. The smallest absolute Gasteiger partial charge is 0.147 e. The van der Waals surface area contributed by atoms with Crippen LogP contribution in [-0.2, 0) is 22.8 Å². The van der Waals surface area contributed by atoms with Crippen LogP contribution in [-0.4, -0.2) is 3.21 Å². The predicted molar refractivity (Wildman–Crippen MR) is 92.4 cm³/mol. The fourth-order valence-electron chi connectivity index (χ4n) is 2.22. The normalized spacial score (nSPS) is 11.7. The van der Waals surface area contributed by atoms with Gasteiger partial charge in [-0.25, -0.2) is 0 Å². The van der Waals surface area contributed by atoms with Gasteiger partial charge in [-0.15, -0.1) is 24.8 Å². The van der Waals surface area contributed by atoms with E-state index in [1.54, 1.807) is 6.49 Å². The van der Waals surface area contributed by atoms with Crippen LogP contribution in [0.4, 0.5) is 0 Å². The van der Waals surface area contributed by atoms with E-state index >= 15 is 0 Å². The third-order valence-corrected chi connectivity index (χ3v) is 6.92. The average Bonchev–Trinajstić information content (AvgIpc) is 3.00. The number of hydrogen-bond donors (Lipinski definition) is 0. The van der Waals surface area contributed by atoms with Gasteiger partial charge in [-0.1, -0.05) is 0 Å². The van der Waals surface area contributed by atoms with Crippen LogP contribution in [0, 0.1) is 0 Å². The van der Waals surface area contributed by atoms with E-state index in [0.717, 1.165) is 6.42 Å². The Labute approximate surface area is 149 Å². The van der Waals surface area contributed by atoms with Gasteiger partial charge in [-0.2, -0.15) is 0 Å². The predicted octanol–water partition coefficient (Wildman–Crippen LogP) is 5.03. The van der Waals surface area contributed by atoms with Gasteiger partial charge >= 0.3 is 126 Å². The molecule has 0 N–H and O–H groups in total. The van der Waals surface area contributed by atoms with Crippen molar-refractivity contribution in [2.24, 2.45) is 0 Å². The maximum Gasteiger partial charge on any atom is -0.147 e. The monoisotopic (exact) mass is 393 g/mol. The maximum absolute atomic E-state index is 2.32. The second kappa shape index (κ2) is 9.31. The number of halogens is 2. The molecule has 0 aromatic heterocycles. The number of rotatable bonds is 3. The summed E-state index contributed by atoms with van der Waals surface area (Å²) in [5.41, 5.74) is 2.79. The van der Waals surface area contributed by atoms with E-state index in [1.807, 2.05) is 0 Å². The van der Waals surface area contributed by atoms with Crippen LogP contribution < -0.4 is 0 Å². The zero-order valence-electron chi connectivity index (χ0n) is 11.5. The zero-order valence-corrected chi connectivity index (χ0v) is 15.6. The van der Waals surface area contributed by atoms with Crippen LogP contribution in [0.15, 0.2) is 82.2 Å². The van der Waals surface area contributed by atoms with E-state index in [0.29, 0.717) is 0 Å². The van der Waals surface area contributed by atoms with Crippen molar-refractivity contribution >= 4 is 28.0 Å². The third-order valence-electron chi connectivity index (χ3n) is 3.18. The molecule has 0 heterocycles. The van der Waals surface area contributed by atoms with Crippen molar-refractivity contribution in [3.63, 3.8) is 0 Å². The molecule has 0 aliphatic heterocycles. The summed E-state index contributed by atoms with van der Waals surface area (Å²) in [4.78, 5) is 0. The van der Waals surface area contributed by atoms with Gasteiger partial charge in [0.05, 0.1) is 0 Å². The van der Waals surface area contributed by atoms with Gasteiger partial charge in [0, 0.05) is 0 Å². The summed E-state index contributed by atoms with van der Waals surface area (Å²) in [6.45, 7) is 0. The van der Waals surface area contributed by atoms with Gasteiger partial charge in [0.15, 0.2) is 0 Å². The topological polar surface area (TPSA) is 0 Å². The quantitative estimate of drug-likeness (QED) is 0.684. The van der Waals surface area contributed by atoms with Crippen LogP contribution in [0.2, 0.25) is 0 Å². The van der Waals surface area contributed by atoms with Crippen molar-refractivity contribution in [2.75, 3.05) is 0 Å². The molecule has 107 valence electrons. The van der Waals surface area contributed by atoms with Crippen molar-refractivity contribution < 1.29 is 22.8 Å². The molecule has 0 radical (unpaired) electrons. The van der Waals surface area contributed by atoms with Crippen LogP contribution in [0.1, 0.15) is 17.5 Å². The van der Waals surface area contributed by atoms with Gasteiger partial charge < -0.3 is 0 Å². The van der Waals surface area contributed by atoms with E-state index < -0.39 is 22.8 Å². The summed E-state index contributed by atoms with van der Waals surface area (Å²) in [6.07, 6.45) is 7.95. The Hall–Kier alpha value is -0.747. The minimum atomic E-state index is -0.695. The second-order valence-corrected chi connectivity index (χ2v) is 7.98. The van der Waals surface area contributed by atoms with Crippen LogP contribution in [0.5, 0.6) is 0 Å². The van der Waals surface area contributed by atoms with E-state index in [2.05, 4.69) is 78.9 Å². The second-order valence-electron chi connectivity index (χ2n) is 4.56. The van der Waals surface area contributed by atoms with E-state index in [1.165, 1.54) is 11.1 Å². The van der Waals surface area contributed by atoms with Gasteiger partial charge in [0.1, 0.15) is 0 Å². The van der Waals surface area contributed by atoms with Gasteiger partial charge in [0.2, 0.25) is 0 Å². The van der Waals surface area contributed by atoms with Crippen molar-refractivity contribution in [3.8, 4) is 0 Å². The van der Waals surface area contributed by atoms with Gasteiger partial charge in [-0.3, -0.25) is 0 Å². The average molecular weight is 395 g/mol. The van der Waals surface area contributed by atoms with E-state index in [-0.39, 0.29) is 24.8 Å². The summed E-state index contributed by atoms with van der Waals surface area (Å²) >= 11 is -0.695. The van der Waals surface area contributed by atoms with E-state index in [9.17, 15) is 0 Å². The SMILES string of the molecule is C1=CC[C]([Zr]=[C](c2ccccc2)c2ccccc2)=C1.Cl.Cl. The van der Waals surface area contributed by atoms with Crippen LogP contribution in [0.25, 0.3) is 0 Å². The Morgan fingerprint density at radius 1 is 0.762 bits per heavy atom. The van der Waals surface area contributed by atoms with Gasteiger partial charge in [-0.05, 0) is 0 Å². The first-order valence-corrected chi connectivity index (χ1v) is 9.00. The summed E-state index contributed by atoms with van der Waals surface area (Å²) in [5.74, 6) is 0. The Morgan fingerprint density at radius 3 is 1.71 bits per heavy atom. The first kappa shape index (κ1) is 18.3. The molecule has 0 saturated carbocycles. The molecule has 0 unspecified atom stereocenters. The van der Waals surface area contributed by atoms with E-state index in [4.69, 9.17) is 0 Å². The van der Waals surface area contributed by atoms with Crippen molar-refractivity contribution in [2.45, 2.75) is 6.42 Å². The zero-order chi connectivity index (χ0) is 12.9. The first-order chi connectivity index (χ1) is 9.43. The Bertz CT molecular complexity index is 602. The molecule has 1 aliphatic rings. The van der Waals surface area contributed by atoms with Crippen molar-refractivity contribution in [1.82, 2.24) is 0 Å². The molecule has 0 nitrogen and oxygen atoms in total. The molecule has 0 fully saturated rings. The molecular formula is C18H17Cl2Zr. The molecule has 1 aliphatic carbocycles. The Morgan fingerprint density at radius 2 is 1.29 bits per heavy atom. The molecule has 0 saturated heterocycles. The van der Waals surface area contributed by atoms with Crippen molar-refractivity contribution in [1.29, 1.82) is 0 Å². The molecule has 2 aromatic carbocycles. The molecule has 0 atom stereocenters. The Kier molecular flexibility index (Phi) is 8.11. The molecular weight excluding hydrogens is 378 g/mol. The third kappa shape index (κ3) is 4.88. The van der Waals surface area contributed by atoms with Crippen LogP contribution >= 0.6 is 24.8 Å². The summed E-state index contributed by atoms with van der Waals surface area (Å²) < 4.78 is 3.24. The first-order valence-electron chi connectivity index (χ1n) is 6.54. The molecule has 2 aromatic rings. The fourth-order valence-corrected chi connectivity index (χ4v) is 5.52.